The average molecular weight is 365 g/mol. The number of nitrogens with one attached hydrogen (secondary N) is 1. The van der Waals surface area contributed by atoms with E-state index >= 15 is 0 Å². The number of hydrogen-bond acceptors (Lipinski definition) is 3. The van der Waals surface area contributed by atoms with Crippen molar-refractivity contribution in [2.24, 2.45) is 5.92 Å². The summed E-state index contributed by atoms with van der Waals surface area (Å²) in [5.41, 5.74) is 2.48. The summed E-state index contributed by atoms with van der Waals surface area (Å²) in [6.07, 6.45) is 6.72. The third-order valence-corrected chi connectivity index (χ3v) is 6.02. The van der Waals surface area contributed by atoms with Gasteiger partial charge in [0.05, 0.1) is 6.04 Å². The molecule has 1 amide bonds. The molecule has 142 valence electrons. The second-order valence-corrected chi connectivity index (χ2v) is 7.85. The number of amides is 1. The second kappa shape index (κ2) is 7.67. The molecule has 1 aliphatic carbocycles. The van der Waals surface area contributed by atoms with Crippen LogP contribution in [0.25, 0.3) is 0 Å². The van der Waals surface area contributed by atoms with Crippen LogP contribution in [0.4, 0.5) is 0 Å². The van der Waals surface area contributed by atoms with Crippen LogP contribution in [-0.4, -0.2) is 27.3 Å². The molecule has 1 atom stereocenters. The molecular weight excluding hydrogens is 338 g/mol. The standard InChI is InChI=1S/C22H27N3O2/c1-15-18(14-16-8-3-2-4-9-16)21(26)24-20(23-15)19-12-7-13-25(19)22(27)17-10-5-6-11-17/h2-4,8-9,17,19H,5-7,10-14H2,1H3,(H,23,24,26). The first-order valence-corrected chi connectivity index (χ1v) is 10.1. The summed E-state index contributed by atoms with van der Waals surface area (Å²) in [4.78, 5) is 35.3. The van der Waals surface area contributed by atoms with Crippen LogP contribution in [0.5, 0.6) is 0 Å². The molecule has 1 aromatic carbocycles. The van der Waals surface area contributed by atoms with Gasteiger partial charge in [-0.15, -0.1) is 0 Å². The second-order valence-electron chi connectivity index (χ2n) is 7.85. The molecule has 1 unspecified atom stereocenters. The topological polar surface area (TPSA) is 66.1 Å². The molecule has 2 heterocycles. The fourth-order valence-corrected chi connectivity index (χ4v) is 4.52. The SMILES string of the molecule is Cc1nc(C2CCCN2C(=O)C2CCCC2)[nH]c(=O)c1Cc1ccccc1. The third kappa shape index (κ3) is 3.68. The Morgan fingerprint density at radius 3 is 2.59 bits per heavy atom. The van der Waals surface area contributed by atoms with Gasteiger partial charge in [0.2, 0.25) is 5.91 Å². The van der Waals surface area contributed by atoms with E-state index in [1.54, 1.807) is 0 Å². The smallest absolute Gasteiger partial charge is 0.254 e. The van der Waals surface area contributed by atoms with Gasteiger partial charge in [-0.25, -0.2) is 4.98 Å². The number of hydrogen-bond donors (Lipinski definition) is 1. The Labute approximate surface area is 159 Å². The first-order chi connectivity index (χ1) is 13.1. The molecule has 2 aliphatic rings. The molecule has 0 radical (unpaired) electrons. The van der Waals surface area contributed by atoms with E-state index in [0.717, 1.165) is 56.3 Å². The largest absolute Gasteiger partial charge is 0.332 e. The normalized spacial score (nSPS) is 20.3. The van der Waals surface area contributed by atoms with Gasteiger partial charge in [0.1, 0.15) is 5.82 Å². The Bertz CT molecular complexity index is 869. The van der Waals surface area contributed by atoms with Crippen molar-refractivity contribution in [1.29, 1.82) is 0 Å². The number of carbonyl (C=O) groups excluding carboxylic acids is 1. The van der Waals surface area contributed by atoms with Gasteiger partial charge in [0.15, 0.2) is 0 Å². The Balaban J connectivity index is 1.58. The van der Waals surface area contributed by atoms with Crippen molar-refractivity contribution in [3.05, 3.63) is 63.3 Å². The van der Waals surface area contributed by atoms with Crippen LogP contribution in [0, 0.1) is 12.8 Å². The summed E-state index contributed by atoms with van der Waals surface area (Å²) in [7, 11) is 0. The van der Waals surface area contributed by atoms with Crippen molar-refractivity contribution in [2.75, 3.05) is 6.54 Å². The van der Waals surface area contributed by atoms with Crippen molar-refractivity contribution in [1.82, 2.24) is 14.9 Å². The van der Waals surface area contributed by atoms with Gasteiger partial charge in [-0.1, -0.05) is 43.2 Å². The number of nitrogens with zero attached hydrogens (tertiary/aromatic N) is 2. The highest BCUT2D eigenvalue weighted by Crippen LogP contribution is 2.35. The quantitative estimate of drug-likeness (QED) is 0.901. The summed E-state index contributed by atoms with van der Waals surface area (Å²) >= 11 is 0. The lowest BCUT2D eigenvalue weighted by Crippen LogP contribution is -2.36. The molecule has 1 saturated heterocycles. The third-order valence-electron chi connectivity index (χ3n) is 6.02. The van der Waals surface area contributed by atoms with Crippen LogP contribution < -0.4 is 5.56 Å². The number of likely N-dealkylation sites (tertiary alicyclic amines) is 1. The molecule has 1 aliphatic heterocycles. The Hall–Kier alpha value is -2.43. The van der Waals surface area contributed by atoms with E-state index in [1.165, 1.54) is 0 Å². The lowest BCUT2D eigenvalue weighted by Gasteiger charge is -2.27. The maximum Gasteiger partial charge on any atom is 0.254 e. The number of H-pyrrole nitrogens is 1. The summed E-state index contributed by atoms with van der Waals surface area (Å²) in [5.74, 6) is 1.07. The summed E-state index contributed by atoms with van der Waals surface area (Å²) in [6, 6.07) is 9.88. The average Bonchev–Trinajstić information content (AvgIpc) is 3.36. The summed E-state index contributed by atoms with van der Waals surface area (Å²) in [6.45, 7) is 2.67. The van der Waals surface area contributed by atoms with Crippen LogP contribution in [0.3, 0.4) is 0 Å². The van der Waals surface area contributed by atoms with Gasteiger partial charge in [0, 0.05) is 30.1 Å². The molecule has 2 fully saturated rings. The van der Waals surface area contributed by atoms with E-state index in [2.05, 4.69) is 4.98 Å². The Morgan fingerprint density at radius 1 is 1.15 bits per heavy atom. The van der Waals surface area contributed by atoms with E-state index in [4.69, 9.17) is 4.98 Å². The van der Waals surface area contributed by atoms with Gasteiger partial charge in [-0.3, -0.25) is 9.59 Å². The number of aromatic amines is 1. The predicted molar refractivity (Wildman–Crippen MR) is 104 cm³/mol. The number of aromatic nitrogens is 2. The fraction of sp³-hybridized carbons (Fsp3) is 0.500. The van der Waals surface area contributed by atoms with Crippen molar-refractivity contribution in [3.63, 3.8) is 0 Å². The highest BCUT2D eigenvalue weighted by molar-refractivity contribution is 5.79. The van der Waals surface area contributed by atoms with Gasteiger partial charge in [0.25, 0.3) is 5.56 Å². The van der Waals surface area contributed by atoms with Gasteiger partial charge >= 0.3 is 0 Å². The Kier molecular flexibility index (Phi) is 5.10. The zero-order valence-corrected chi connectivity index (χ0v) is 15.9. The molecule has 0 spiro atoms. The molecule has 1 N–H and O–H groups in total. The highest BCUT2D eigenvalue weighted by atomic mass is 16.2. The minimum absolute atomic E-state index is 0.0819. The maximum absolute atomic E-state index is 12.9. The first kappa shape index (κ1) is 18.0. The maximum atomic E-state index is 12.9. The van der Waals surface area contributed by atoms with Crippen molar-refractivity contribution >= 4 is 5.91 Å². The molecular formula is C22H27N3O2. The summed E-state index contributed by atoms with van der Waals surface area (Å²) < 4.78 is 0. The van der Waals surface area contributed by atoms with Gasteiger partial charge in [-0.2, -0.15) is 0 Å². The van der Waals surface area contributed by atoms with E-state index in [1.807, 2.05) is 42.2 Å². The minimum Gasteiger partial charge on any atom is -0.332 e. The lowest BCUT2D eigenvalue weighted by atomic mass is 10.0. The number of aryl methyl sites for hydroxylation is 1. The van der Waals surface area contributed by atoms with E-state index < -0.39 is 0 Å². The van der Waals surface area contributed by atoms with Crippen LogP contribution in [-0.2, 0) is 11.2 Å². The van der Waals surface area contributed by atoms with Crippen LogP contribution in [0.2, 0.25) is 0 Å². The zero-order chi connectivity index (χ0) is 18.8. The monoisotopic (exact) mass is 365 g/mol. The van der Waals surface area contributed by atoms with Crippen molar-refractivity contribution in [3.8, 4) is 0 Å². The van der Waals surface area contributed by atoms with E-state index in [9.17, 15) is 9.59 Å². The first-order valence-electron chi connectivity index (χ1n) is 10.1. The molecule has 4 rings (SSSR count). The molecule has 2 aromatic rings. The molecule has 1 aromatic heterocycles. The molecule has 0 bridgehead atoms. The molecule has 5 heteroatoms. The fourth-order valence-electron chi connectivity index (χ4n) is 4.52. The van der Waals surface area contributed by atoms with E-state index in [0.29, 0.717) is 17.8 Å². The molecule has 27 heavy (non-hydrogen) atoms. The predicted octanol–water partition coefficient (Wildman–Crippen LogP) is 3.52. The van der Waals surface area contributed by atoms with Crippen molar-refractivity contribution < 1.29 is 4.79 Å². The van der Waals surface area contributed by atoms with Gasteiger partial charge < -0.3 is 9.88 Å². The molecule has 5 nitrogen and oxygen atoms in total. The zero-order valence-electron chi connectivity index (χ0n) is 15.9. The number of benzene rings is 1. The highest BCUT2D eigenvalue weighted by Gasteiger charge is 2.36. The van der Waals surface area contributed by atoms with Crippen LogP contribution in [0.1, 0.15) is 67.2 Å². The number of rotatable bonds is 4. The lowest BCUT2D eigenvalue weighted by molar-refractivity contribution is -0.136. The Morgan fingerprint density at radius 2 is 1.89 bits per heavy atom. The van der Waals surface area contributed by atoms with E-state index in [-0.39, 0.29) is 23.4 Å². The van der Waals surface area contributed by atoms with Gasteiger partial charge in [-0.05, 0) is 38.2 Å². The summed E-state index contributed by atoms with van der Waals surface area (Å²) in [5, 5.41) is 0. The van der Waals surface area contributed by atoms with Crippen LogP contribution >= 0.6 is 0 Å². The minimum atomic E-state index is -0.0877. The van der Waals surface area contributed by atoms with Crippen molar-refractivity contribution in [2.45, 2.75) is 57.9 Å². The number of carbonyl (C=O) groups is 1. The van der Waals surface area contributed by atoms with Crippen LogP contribution in [0.15, 0.2) is 35.1 Å². The molecule has 1 saturated carbocycles.